The van der Waals surface area contributed by atoms with Crippen molar-refractivity contribution in [3.05, 3.63) is 29.8 Å². The quantitative estimate of drug-likeness (QED) is 0.765. The maximum atomic E-state index is 11.7. The second-order valence-electron chi connectivity index (χ2n) is 3.97. The lowest BCUT2D eigenvalue weighted by Crippen LogP contribution is -2.17. The first-order valence-electron chi connectivity index (χ1n) is 5.61. The molecular formula is C12H15NO5S. The van der Waals surface area contributed by atoms with Crippen molar-refractivity contribution in [3.63, 3.8) is 0 Å². The number of Topliss-reactive ketones (excluding diaryl/α,β-unsaturated/α-hetero) is 1. The summed E-state index contributed by atoms with van der Waals surface area (Å²) in [6.45, 7) is 1.62. The van der Waals surface area contributed by atoms with Gasteiger partial charge in [0.25, 0.3) is 0 Å². The molecule has 104 valence electrons. The molecule has 0 unspecified atom stereocenters. The van der Waals surface area contributed by atoms with Gasteiger partial charge in [-0.3, -0.25) is 9.59 Å². The van der Waals surface area contributed by atoms with Gasteiger partial charge in [-0.05, 0) is 19.1 Å². The molecule has 0 aliphatic heterocycles. The molecule has 1 aromatic rings. The molecule has 0 saturated heterocycles. The number of hydrogen-bond donors (Lipinski definition) is 1. The van der Waals surface area contributed by atoms with E-state index in [9.17, 15) is 18.0 Å². The number of rotatable bonds is 6. The zero-order valence-corrected chi connectivity index (χ0v) is 11.3. The Morgan fingerprint density at radius 3 is 2.26 bits per heavy atom. The van der Waals surface area contributed by atoms with E-state index in [1.54, 1.807) is 19.1 Å². The van der Waals surface area contributed by atoms with Gasteiger partial charge in [0.1, 0.15) is 10.7 Å². The summed E-state index contributed by atoms with van der Waals surface area (Å²) < 4.78 is 27.8. The Balaban J connectivity index is 2.67. The number of carbonyl (C=O) groups is 2. The van der Waals surface area contributed by atoms with E-state index in [1.165, 1.54) is 12.1 Å². The largest absolute Gasteiger partial charge is 0.342 e. The minimum Gasteiger partial charge on any atom is -0.342 e. The Labute approximate surface area is 111 Å². The lowest BCUT2D eigenvalue weighted by Gasteiger charge is -2.05. The maximum Gasteiger partial charge on any atom is 0.341 e. The second kappa shape index (κ2) is 6.44. The first kappa shape index (κ1) is 15.3. The Kier molecular flexibility index (Phi) is 5.20. The summed E-state index contributed by atoms with van der Waals surface area (Å²) in [6.07, 6.45) is -0.431. The third-order valence-corrected chi connectivity index (χ3v) is 3.60. The summed E-state index contributed by atoms with van der Waals surface area (Å²) >= 11 is 0. The molecule has 0 spiro atoms. The average molecular weight is 285 g/mol. The van der Waals surface area contributed by atoms with Crippen molar-refractivity contribution in [2.45, 2.75) is 24.7 Å². The normalized spacial score (nSPS) is 11.1. The lowest BCUT2D eigenvalue weighted by atomic mass is 10.2. The van der Waals surface area contributed by atoms with Crippen molar-refractivity contribution < 1.29 is 22.2 Å². The van der Waals surface area contributed by atoms with Crippen LogP contribution in [0, 0.1) is 6.92 Å². The van der Waals surface area contributed by atoms with E-state index in [4.69, 9.17) is 5.73 Å². The highest BCUT2D eigenvalue weighted by molar-refractivity contribution is 7.87. The van der Waals surface area contributed by atoms with E-state index in [1.807, 2.05) is 0 Å². The van der Waals surface area contributed by atoms with Crippen LogP contribution in [0.15, 0.2) is 29.2 Å². The van der Waals surface area contributed by atoms with Gasteiger partial charge >= 0.3 is 16.1 Å². The van der Waals surface area contributed by atoms with Gasteiger partial charge in [-0.15, -0.1) is 0 Å². The van der Waals surface area contributed by atoms with Crippen LogP contribution in [0.2, 0.25) is 0 Å². The van der Waals surface area contributed by atoms with Crippen LogP contribution >= 0.6 is 0 Å². The molecule has 0 radical (unpaired) electrons. The number of ketones is 1. The minimum absolute atomic E-state index is 0.100. The third-order valence-electron chi connectivity index (χ3n) is 2.35. The summed E-state index contributed by atoms with van der Waals surface area (Å²) in [5.74, 6) is -1.30. The molecule has 2 N–H and O–H groups in total. The predicted octanol–water partition coefficient (Wildman–Crippen LogP) is 0.535. The first-order valence-corrected chi connectivity index (χ1v) is 7.02. The fourth-order valence-corrected chi connectivity index (χ4v) is 2.15. The van der Waals surface area contributed by atoms with Gasteiger partial charge in [0.15, 0.2) is 0 Å². The molecule has 0 aliphatic rings. The number of hydrogen-bond acceptors (Lipinski definition) is 6. The van der Waals surface area contributed by atoms with E-state index < -0.39 is 16.1 Å². The summed E-state index contributed by atoms with van der Waals surface area (Å²) in [6, 6.07) is 5.89. The monoisotopic (exact) mass is 285 g/mol. The predicted molar refractivity (Wildman–Crippen MR) is 67.8 cm³/mol. The molecule has 0 saturated carbocycles. The highest BCUT2D eigenvalue weighted by Crippen LogP contribution is 2.14. The molecule has 1 aromatic carbocycles. The fraction of sp³-hybridized carbons (Fsp3) is 0.333. The molecule has 7 heteroatoms. The molecule has 0 fully saturated rings. The van der Waals surface area contributed by atoms with Gasteiger partial charge in [0.2, 0.25) is 0 Å². The lowest BCUT2D eigenvalue weighted by molar-refractivity contribution is -0.135. The van der Waals surface area contributed by atoms with E-state index in [-0.39, 0.29) is 30.1 Å². The molecule has 0 aromatic heterocycles. The topological polar surface area (TPSA) is 104 Å². The van der Waals surface area contributed by atoms with Gasteiger partial charge < -0.3 is 9.92 Å². The minimum atomic E-state index is -4.12. The second-order valence-corrected chi connectivity index (χ2v) is 5.51. The average Bonchev–Trinajstić information content (AvgIpc) is 2.36. The Bertz CT molecular complexity index is 562. The van der Waals surface area contributed by atoms with E-state index >= 15 is 0 Å². The smallest absolute Gasteiger partial charge is 0.341 e. The zero-order valence-electron chi connectivity index (χ0n) is 10.5. The third kappa shape index (κ3) is 4.80. The number of aryl methyl sites for hydroxylation is 1. The zero-order chi connectivity index (χ0) is 14.5. The van der Waals surface area contributed by atoms with Gasteiger partial charge in [-0.25, -0.2) is 0 Å². The number of nitrogens with two attached hydrogens (primary N) is 1. The van der Waals surface area contributed by atoms with Crippen LogP contribution in [0.5, 0.6) is 0 Å². The van der Waals surface area contributed by atoms with E-state index in [0.717, 1.165) is 5.56 Å². The van der Waals surface area contributed by atoms with Gasteiger partial charge in [0.05, 0.1) is 13.0 Å². The van der Waals surface area contributed by atoms with Crippen LogP contribution in [-0.2, 0) is 23.9 Å². The highest BCUT2D eigenvalue weighted by Gasteiger charge is 2.20. The van der Waals surface area contributed by atoms with Crippen LogP contribution < -0.4 is 5.73 Å². The van der Waals surface area contributed by atoms with Crippen LogP contribution in [0.1, 0.15) is 18.4 Å². The van der Waals surface area contributed by atoms with Crippen molar-refractivity contribution in [1.82, 2.24) is 0 Å². The van der Waals surface area contributed by atoms with Gasteiger partial charge in [-0.2, -0.15) is 8.42 Å². The summed E-state index contributed by atoms with van der Waals surface area (Å²) in [7, 11) is -4.12. The first-order chi connectivity index (χ1) is 8.85. The van der Waals surface area contributed by atoms with Gasteiger partial charge in [0, 0.05) is 6.42 Å². The van der Waals surface area contributed by atoms with E-state index in [0.29, 0.717) is 0 Å². The number of benzene rings is 1. The Morgan fingerprint density at radius 2 is 1.74 bits per heavy atom. The van der Waals surface area contributed by atoms with Crippen molar-refractivity contribution in [1.29, 1.82) is 0 Å². The van der Waals surface area contributed by atoms with Crippen LogP contribution in [-0.4, -0.2) is 26.7 Å². The van der Waals surface area contributed by atoms with Crippen molar-refractivity contribution in [3.8, 4) is 0 Å². The van der Waals surface area contributed by atoms with Crippen molar-refractivity contribution in [2.75, 3.05) is 6.54 Å². The molecular weight excluding hydrogens is 270 g/mol. The Morgan fingerprint density at radius 1 is 1.16 bits per heavy atom. The van der Waals surface area contributed by atoms with Gasteiger partial charge in [-0.1, -0.05) is 17.7 Å². The molecule has 0 bridgehead atoms. The van der Waals surface area contributed by atoms with Crippen LogP contribution in [0.25, 0.3) is 0 Å². The molecule has 0 atom stereocenters. The molecule has 6 nitrogen and oxygen atoms in total. The van der Waals surface area contributed by atoms with E-state index in [2.05, 4.69) is 4.18 Å². The number of carbonyl (C=O) groups excluding carboxylic acids is 2. The van der Waals surface area contributed by atoms with Crippen LogP contribution in [0.4, 0.5) is 0 Å². The molecule has 19 heavy (non-hydrogen) atoms. The Hall–Kier alpha value is -1.73. The SMILES string of the molecule is Cc1ccc(S(=O)(=O)OC(=O)CCC(=O)CN)cc1. The van der Waals surface area contributed by atoms with Crippen LogP contribution in [0.3, 0.4) is 0 Å². The molecule has 0 aliphatic carbocycles. The molecule has 1 rings (SSSR count). The van der Waals surface area contributed by atoms with Crippen molar-refractivity contribution >= 4 is 21.9 Å². The standard InChI is InChI=1S/C12H15NO5S/c1-9-2-5-11(6-3-9)19(16,17)18-12(15)7-4-10(14)8-13/h2-3,5-6H,4,7-8,13H2,1H3. The molecule has 0 amide bonds. The summed E-state index contributed by atoms with van der Waals surface area (Å²) in [4.78, 5) is 22.1. The maximum absolute atomic E-state index is 11.7. The summed E-state index contributed by atoms with van der Waals surface area (Å²) in [5.41, 5.74) is 5.96. The fourth-order valence-electron chi connectivity index (χ4n) is 1.26. The molecule has 0 heterocycles. The summed E-state index contributed by atoms with van der Waals surface area (Å²) in [5, 5.41) is 0. The van der Waals surface area contributed by atoms with Crippen molar-refractivity contribution in [2.24, 2.45) is 5.73 Å². The highest BCUT2D eigenvalue weighted by atomic mass is 32.2.